The molecule has 1 amide bonds. The molecule has 2 heterocycles. The average Bonchev–Trinajstić information content (AvgIpc) is 2.91. The summed E-state index contributed by atoms with van der Waals surface area (Å²) < 4.78 is 0. The first-order valence-electron chi connectivity index (χ1n) is 7.10. The molecule has 1 aromatic rings. The minimum Gasteiger partial charge on any atom is -0.383 e. The van der Waals surface area contributed by atoms with Crippen LogP contribution in [0.4, 0.5) is 5.82 Å². The molecule has 102 valence electrons. The Bertz CT molecular complexity index is 482. The highest BCUT2D eigenvalue weighted by atomic mass is 16.2. The van der Waals surface area contributed by atoms with Crippen molar-refractivity contribution < 1.29 is 4.79 Å². The zero-order valence-corrected chi connectivity index (χ0v) is 11.1. The molecule has 2 aliphatic rings. The Kier molecular flexibility index (Phi) is 3.36. The van der Waals surface area contributed by atoms with Gasteiger partial charge in [0.25, 0.3) is 0 Å². The van der Waals surface area contributed by atoms with E-state index in [1.165, 1.54) is 32.0 Å². The molecule has 19 heavy (non-hydrogen) atoms. The van der Waals surface area contributed by atoms with Crippen LogP contribution in [0, 0.1) is 5.92 Å². The first-order valence-corrected chi connectivity index (χ1v) is 7.10. The first kappa shape index (κ1) is 12.4. The topological polar surface area (TPSA) is 72.1 Å². The third-order valence-corrected chi connectivity index (χ3v) is 4.33. The summed E-state index contributed by atoms with van der Waals surface area (Å²) in [6, 6.07) is 0. The van der Waals surface area contributed by atoms with E-state index in [1.54, 1.807) is 0 Å². The van der Waals surface area contributed by atoms with E-state index in [-0.39, 0.29) is 5.91 Å². The summed E-state index contributed by atoms with van der Waals surface area (Å²) in [7, 11) is 0. The van der Waals surface area contributed by atoms with Gasteiger partial charge < -0.3 is 10.6 Å². The molecule has 0 aromatic carbocycles. The monoisotopic (exact) mass is 260 g/mol. The number of anilines is 1. The van der Waals surface area contributed by atoms with Gasteiger partial charge in [-0.25, -0.2) is 9.97 Å². The van der Waals surface area contributed by atoms with Crippen molar-refractivity contribution in [1.29, 1.82) is 0 Å². The van der Waals surface area contributed by atoms with Crippen LogP contribution in [0.5, 0.6) is 0 Å². The van der Waals surface area contributed by atoms with Crippen LogP contribution >= 0.6 is 0 Å². The maximum atomic E-state index is 12.3. The van der Waals surface area contributed by atoms with E-state index >= 15 is 0 Å². The number of nitrogens with two attached hydrogens (primary N) is 1. The fourth-order valence-corrected chi connectivity index (χ4v) is 3.18. The highest BCUT2D eigenvalue weighted by Crippen LogP contribution is 2.29. The molecule has 0 saturated heterocycles. The molecular formula is C14H20N4O. The van der Waals surface area contributed by atoms with Gasteiger partial charge in [-0.15, -0.1) is 0 Å². The third-order valence-electron chi connectivity index (χ3n) is 4.33. The number of nitrogen functional groups attached to an aromatic ring is 1. The van der Waals surface area contributed by atoms with Crippen molar-refractivity contribution in [2.75, 3.05) is 12.3 Å². The van der Waals surface area contributed by atoms with Crippen molar-refractivity contribution in [3.8, 4) is 0 Å². The Labute approximate surface area is 113 Å². The Hall–Kier alpha value is -1.65. The predicted molar refractivity (Wildman–Crippen MR) is 72.1 cm³/mol. The number of carbonyl (C=O) groups excluding carboxylic acids is 1. The Balaban J connectivity index is 1.66. The Morgan fingerprint density at radius 1 is 1.37 bits per heavy atom. The highest BCUT2D eigenvalue weighted by molar-refractivity contribution is 5.76. The van der Waals surface area contributed by atoms with Crippen LogP contribution in [0.2, 0.25) is 0 Å². The van der Waals surface area contributed by atoms with Gasteiger partial charge in [-0.1, -0.05) is 12.8 Å². The molecule has 1 aromatic heterocycles. The SMILES string of the molecule is Nc1ncnc2c1CCN(C(=O)CC1CCCC1)C2. The van der Waals surface area contributed by atoms with Gasteiger partial charge in [-0.05, 0) is 25.2 Å². The van der Waals surface area contributed by atoms with E-state index in [0.29, 0.717) is 24.7 Å². The summed E-state index contributed by atoms with van der Waals surface area (Å²) in [4.78, 5) is 22.5. The van der Waals surface area contributed by atoms with Crippen LogP contribution < -0.4 is 5.73 Å². The smallest absolute Gasteiger partial charge is 0.223 e. The molecule has 0 bridgehead atoms. The molecule has 0 unspecified atom stereocenters. The fraction of sp³-hybridized carbons (Fsp3) is 0.643. The van der Waals surface area contributed by atoms with Gasteiger partial charge in [0.1, 0.15) is 12.1 Å². The number of nitrogens with zero attached hydrogens (tertiary/aromatic N) is 3. The van der Waals surface area contributed by atoms with E-state index in [2.05, 4.69) is 9.97 Å². The van der Waals surface area contributed by atoms with Gasteiger partial charge >= 0.3 is 0 Å². The van der Waals surface area contributed by atoms with Crippen molar-refractivity contribution in [3.63, 3.8) is 0 Å². The predicted octanol–water partition coefficient (Wildman–Crippen LogP) is 1.52. The second-order valence-electron chi connectivity index (χ2n) is 5.60. The lowest BCUT2D eigenvalue weighted by Gasteiger charge is -2.29. The molecule has 5 heteroatoms. The van der Waals surface area contributed by atoms with Gasteiger partial charge in [-0.3, -0.25) is 4.79 Å². The summed E-state index contributed by atoms with van der Waals surface area (Å²) in [6.07, 6.45) is 7.96. The third kappa shape index (κ3) is 2.55. The quantitative estimate of drug-likeness (QED) is 0.875. The average molecular weight is 260 g/mol. The van der Waals surface area contributed by atoms with E-state index in [9.17, 15) is 4.79 Å². The molecule has 2 N–H and O–H groups in total. The standard InChI is InChI=1S/C14H20N4O/c15-14-11-5-6-18(8-12(11)16-9-17-14)13(19)7-10-3-1-2-4-10/h9-10H,1-8H2,(H2,15,16,17). The summed E-state index contributed by atoms with van der Waals surface area (Å²) >= 11 is 0. The molecule has 1 saturated carbocycles. The molecule has 0 spiro atoms. The lowest BCUT2D eigenvalue weighted by atomic mass is 10.0. The Morgan fingerprint density at radius 2 is 2.16 bits per heavy atom. The molecular weight excluding hydrogens is 240 g/mol. The van der Waals surface area contributed by atoms with Crippen LogP contribution in [0.15, 0.2) is 6.33 Å². The van der Waals surface area contributed by atoms with Crippen molar-refractivity contribution in [2.45, 2.75) is 45.1 Å². The summed E-state index contributed by atoms with van der Waals surface area (Å²) in [5, 5.41) is 0. The van der Waals surface area contributed by atoms with Crippen LogP contribution in [-0.4, -0.2) is 27.3 Å². The van der Waals surface area contributed by atoms with Crippen molar-refractivity contribution in [2.24, 2.45) is 5.92 Å². The van der Waals surface area contributed by atoms with Crippen LogP contribution in [0.25, 0.3) is 0 Å². The maximum Gasteiger partial charge on any atom is 0.223 e. The van der Waals surface area contributed by atoms with Gasteiger partial charge in [-0.2, -0.15) is 0 Å². The number of hydrogen-bond donors (Lipinski definition) is 1. The van der Waals surface area contributed by atoms with E-state index in [1.807, 2.05) is 4.90 Å². The highest BCUT2D eigenvalue weighted by Gasteiger charge is 2.26. The second kappa shape index (κ2) is 5.15. The number of aromatic nitrogens is 2. The largest absolute Gasteiger partial charge is 0.383 e. The van der Waals surface area contributed by atoms with E-state index < -0.39 is 0 Å². The van der Waals surface area contributed by atoms with E-state index in [0.717, 1.165) is 24.2 Å². The first-order chi connectivity index (χ1) is 9.24. The molecule has 3 rings (SSSR count). The number of hydrogen-bond acceptors (Lipinski definition) is 4. The molecule has 0 radical (unpaired) electrons. The molecule has 1 fully saturated rings. The maximum absolute atomic E-state index is 12.3. The lowest BCUT2D eigenvalue weighted by Crippen LogP contribution is -2.37. The normalized spacial score (nSPS) is 19.5. The van der Waals surface area contributed by atoms with Crippen molar-refractivity contribution >= 4 is 11.7 Å². The van der Waals surface area contributed by atoms with Gasteiger partial charge in [0.05, 0.1) is 12.2 Å². The van der Waals surface area contributed by atoms with Crippen LogP contribution in [0.3, 0.4) is 0 Å². The fourth-order valence-electron chi connectivity index (χ4n) is 3.18. The van der Waals surface area contributed by atoms with Crippen LogP contribution in [-0.2, 0) is 17.8 Å². The van der Waals surface area contributed by atoms with Crippen molar-refractivity contribution in [3.05, 3.63) is 17.6 Å². The molecule has 5 nitrogen and oxygen atoms in total. The Morgan fingerprint density at radius 3 is 2.95 bits per heavy atom. The number of carbonyl (C=O) groups is 1. The van der Waals surface area contributed by atoms with Gasteiger partial charge in [0.15, 0.2) is 0 Å². The van der Waals surface area contributed by atoms with Gasteiger partial charge in [0, 0.05) is 18.5 Å². The number of amides is 1. The second-order valence-corrected chi connectivity index (χ2v) is 5.60. The van der Waals surface area contributed by atoms with E-state index in [4.69, 9.17) is 5.73 Å². The van der Waals surface area contributed by atoms with Crippen LogP contribution in [0.1, 0.15) is 43.4 Å². The molecule has 0 atom stereocenters. The minimum absolute atomic E-state index is 0.273. The number of fused-ring (bicyclic) bond motifs is 1. The number of rotatable bonds is 2. The van der Waals surface area contributed by atoms with Crippen molar-refractivity contribution in [1.82, 2.24) is 14.9 Å². The summed E-state index contributed by atoms with van der Waals surface area (Å²) in [6.45, 7) is 1.34. The zero-order chi connectivity index (χ0) is 13.2. The molecule has 1 aliphatic carbocycles. The lowest BCUT2D eigenvalue weighted by molar-refractivity contribution is -0.133. The minimum atomic E-state index is 0.273. The molecule has 1 aliphatic heterocycles. The van der Waals surface area contributed by atoms with Gasteiger partial charge in [0.2, 0.25) is 5.91 Å². The zero-order valence-electron chi connectivity index (χ0n) is 11.1. The summed E-state index contributed by atoms with van der Waals surface area (Å²) in [5.41, 5.74) is 7.78. The summed E-state index contributed by atoms with van der Waals surface area (Å²) in [5.74, 6) is 1.44.